The molecule has 0 atom stereocenters. The predicted molar refractivity (Wildman–Crippen MR) is 109 cm³/mol. The van der Waals surface area contributed by atoms with Gasteiger partial charge in [0.05, 0.1) is 0 Å². The van der Waals surface area contributed by atoms with Crippen molar-refractivity contribution in [3.05, 3.63) is 47.7 Å². The third-order valence-corrected chi connectivity index (χ3v) is 4.86. The molecule has 0 spiro atoms. The number of rotatable bonds is 5. The highest BCUT2D eigenvalue weighted by molar-refractivity contribution is 5.48. The molecule has 2 aliphatic heterocycles. The largest absolute Gasteiger partial charge is 0.454 e. The molecular weight excluding hydrogens is 338 g/mol. The first-order chi connectivity index (χ1) is 13.3. The van der Waals surface area contributed by atoms with Crippen LogP contribution in [0.15, 0.2) is 36.5 Å². The Morgan fingerprint density at radius 1 is 1.04 bits per heavy atom. The van der Waals surface area contributed by atoms with Crippen LogP contribution in [0.25, 0.3) is 0 Å². The van der Waals surface area contributed by atoms with Crippen molar-refractivity contribution in [1.29, 1.82) is 0 Å². The van der Waals surface area contributed by atoms with Crippen molar-refractivity contribution in [1.82, 2.24) is 9.88 Å². The van der Waals surface area contributed by atoms with E-state index in [1.165, 1.54) is 30.4 Å². The van der Waals surface area contributed by atoms with E-state index in [-0.39, 0.29) is 0 Å². The van der Waals surface area contributed by atoms with Gasteiger partial charge in [-0.2, -0.15) is 0 Å². The van der Waals surface area contributed by atoms with E-state index in [0.29, 0.717) is 6.79 Å². The molecule has 5 nitrogen and oxygen atoms in total. The number of benzene rings is 1. The Kier molecular flexibility index (Phi) is 6.93. The van der Waals surface area contributed by atoms with Gasteiger partial charge in [0.1, 0.15) is 5.82 Å². The number of aromatic nitrogens is 1. The van der Waals surface area contributed by atoms with E-state index in [0.717, 1.165) is 43.5 Å². The smallest absolute Gasteiger partial charge is 0.231 e. The van der Waals surface area contributed by atoms with Crippen LogP contribution in [0.3, 0.4) is 0 Å². The summed E-state index contributed by atoms with van der Waals surface area (Å²) in [5.74, 6) is 2.85. The first kappa shape index (κ1) is 19.5. The molecule has 27 heavy (non-hydrogen) atoms. The number of hydrogen-bond donors (Lipinski definition) is 0. The number of fused-ring (bicyclic) bond motifs is 1. The SMILES string of the molecule is CC.CN(Cc1ccnc(N2CCCCC2)c1)Cc1cccc2c1OCO2. The summed E-state index contributed by atoms with van der Waals surface area (Å²) in [6.07, 6.45) is 5.82. The van der Waals surface area contributed by atoms with Gasteiger partial charge in [-0.05, 0) is 50.1 Å². The van der Waals surface area contributed by atoms with E-state index in [4.69, 9.17) is 9.47 Å². The van der Waals surface area contributed by atoms with E-state index in [2.05, 4.69) is 40.0 Å². The average Bonchev–Trinajstić information content (AvgIpc) is 3.20. The molecule has 146 valence electrons. The summed E-state index contributed by atoms with van der Waals surface area (Å²) in [6.45, 7) is 8.28. The third kappa shape index (κ3) is 4.92. The molecule has 0 amide bonds. The van der Waals surface area contributed by atoms with Crippen LogP contribution in [0.1, 0.15) is 44.2 Å². The number of ether oxygens (including phenoxy) is 2. The van der Waals surface area contributed by atoms with E-state index in [1.54, 1.807) is 0 Å². The predicted octanol–water partition coefficient (Wildman–Crippen LogP) is 4.46. The Labute approximate surface area is 162 Å². The van der Waals surface area contributed by atoms with Gasteiger partial charge in [-0.3, -0.25) is 4.90 Å². The maximum atomic E-state index is 5.61. The summed E-state index contributed by atoms with van der Waals surface area (Å²) in [6, 6.07) is 10.4. The molecule has 2 aromatic rings. The zero-order chi connectivity index (χ0) is 19.1. The minimum atomic E-state index is 0.319. The van der Waals surface area contributed by atoms with Crippen molar-refractivity contribution in [2.45, 2.75) is 46.2 Å². The van der Waals surface area contributed by atoms with Crippen molar-refractivity contribution < 1.29 is 9.47 Å². The van der Waals surface area contributed by atoms with Gasteiger partial charge in [0.15, 0.2) is 11.5 Å². The zero-order valence-electron chi connectivity index (χ0n) is 16.8. The van der Waals surface area contributed by atoms with Crippen LogP contribution in [0.4, 0.5) is 5.82 Å². The lowest BCUT2D eigenvalue weighted by molar-refractivity contribution is 0.172. The van der Waals surface area contributed by atoms with Gasteiger partial charge >= 0.3 is 0 Å². The first-order valence-electron chi connectivity index (χ1n) is 10.1. The second-order valence-corrected chi connectivity index (χ2v) is 6.89. The minimum absolute atomic E-state index is 0.319. The maximum absolute atomic E-state index is 5.61. The Balaban J connectivity index is 0.00000102. The maximum Gasteiger partial charge on any atom is 0.231 e. The number of anilines is 1. The first-order valence-corrected chi connectivity index (χ1v) is 10.1. The summed E-state index contributed by atoms with van der Waals surface area (Å²) in [7, 11) is 2.14. The number of piperidine rings is 1. The van der Waals surface area contributed by atoms with Gasteiger partial charge in [-0.25, -0.2) is 4.98 Å². The zero-order valence-corrected chi connectivity index (χ0v) is 16.8. The Morgan fingerprint density at radius 2 is 1.85 bits per heavy atom. The fourth-order valence-electron chi connectivity index (χ4n) is 3.63. The average molecular weight is 370 g/mol. The van der Waals surface area contributed by atoms with Gasteiger partial charge in [-0.1, -0.05) is 26.0 Å². The molecule has 1 aromatic carbocycles. The van der Waals surface area contributed by atoms with Crippen molar-refractivity contribution in [2.24, 2.45) is 0 Å². The van der Waals surface area contributed by atoms with Crippen LogP contribution >= 0.6 is 0 Å². The molecular formula is C22H31N3O2. The van der Waals surface area contributed by atoms with E-state index in [9.17, 15) is 0 Å². The van der Waals surface area contributed by atoms with Crippen LogP contribution < -0.4 is 14.4 Å². The van der Waals surface area contributed by atoms with Gasteiger partial charge in [0.2, 0.25) is 6.79 Å². The van der Waals surface area contributed by atoms with Crippen molar-refractivity contribution in [2.75, 3.05) is 31.8 Å². The summed E-state index contributed by atoms with van der Waals surface area (Å²) in [5.41, 5.74) is 2.46. The molecule has 4 rings (SSSR count). The molecule has 0 aliphatic carbocycles. The molecule has 0 unspecified atom stereocenters. The fraction of sp³-hybridized carbons (Fsp3) is 0.500. The third-order valence-electron chi connectivity index (χ3n) is 4.86. The highest BCUT2D eigenvalue weighted by Gasteiger charge is 2.18. The molecule has 3 heterocycles. The van der Waals surface area contributed by atoms with Crippen molar-refractivity contribution in [3.63, 3.8) is 0 Å². The molecule has 0 bridgehead atoms. The molecule has 2 aliphatic rings. The summed E-state index contributed by atoms with van der Waals surface area (Å²) >= 11 is 0. The molecule has 5 heteroatoms. The Hall–Kier alpha value is -2.27. The van der Waals surface area contributed by atoms with Gasteiger partial charge in [0, 0.05) is 37.9 Å². The quantitative estimate of drug-likeness (QED) is 0.778. The van der Waals surface area contributed by atoms with Crippen LogP contribution in [0.5, 0.6) is 11.5 Å². The highest BCUT2D eigenvalue weighted by Crippen LogP contribution is 2.35. The normalized spacial score (nSPS) is 15.5. The number of pyridine rings is 1. The molecule has 1 aromatic heterocycles. The molecule has 0 saturated carbocycles. The lowest BCUT2D eigenvalue weighted by Gasteiger charge is -2.28. The van der Waals surface area contributed by atoms with Gasteiger partial charge in [-0.15, -0.1) is 0 Å². The van der Waals surface area contributed by atoms with E-state index >= 15 is 0 Å². The molecule has 1 saturated heterocycles. The minimum Gasteiger partial charge on any atom is -0.454 e. The summed E-state index contributed by atoms with van der Waals surface area (Å²) in [4.78, 5) is 9.28. The van der Waals surface area contributed by atoms with Crippen LogP contribution in [-0.4, -0.2) is 36.8 Å². The highest BCUT2D eigenvalue weighted by atomic mass is 16.7. The van der Waals surface area contributed by atoms with E-state index < -0.39 is 0 Å². The Bertz CT molecular complexity index is 729. The lowest BCUT2D eigenvalue weighted by atomic mass is 10.1. The fourth-order valence-corrected chi connectivity index (χ4v) is 3.63. The number of hydrogen-bond acceptors (Lipinski definition) is 5. The molecule has 0 N–H and O–H groups in total. The monoisotopic (exact) mass is 369 g/mol. The lowest BCUT2D eigenvalue weighted by Crippen LogP contribution is -2.30. The van der Waals surface area contributed by atoms with Gasteiger partial charge < -0.3 is 14.4 Å². The van der Waals surface area contributed by atoms with Gasteiger partial charge in [0.25, 0.3) is 0 Å². The van der Waals surface area contributed by atoms with Crippen molar-refractivity contribution in [3.8, 4) is 11.5 Å². The summed E-state index contributed by atoms with van der Waals surface area (Å²) < 4.78 is 11.1. The topological polar surface area (TPSA) is 37.8 Å². The second-order valence-electron chi connectivity index (χ2n) is 6.89. The standard InChI is InChI=1S/C20H25N3O2.C2H6/c1-22(14-17-6-5-7-18-20(17)25-15-24-18)13-16-8-9-21-19(12-16)23-10-3-2-4-11-23;1-2/h5-9,12H,2-4,10-11,13-15H2,1H3;1-2H3. The number of nitrogens with zero attached hydrogens (tertiary/aromatic N) is 3. The van der Waals surface area contributed by atoms with Crippen LogP contribution in [0, 0.1) is 0 Å². The Morgan fingerprint density at radius 3 is 2.67 bits per heavy atom. The van der Waals surface area contributed by atoms with Crippen LogP contribution in [0.2, 0.25) is 0 Å². The van der Waals surface area contributed by atoms with Crippen molar-refractivity contribution >= 4 is 5.82 Å². The van der Waals surface area contributed by atoms with E-state index in [1.807, 2.05) is 32.2 Å². The second kappa shape index (κ2) is 9.60. The van der Waals surface area contributed by atoms with Crippen LogP contribution in [-0.2, 0) is 13.1 Å². The summed E-state index contributed by atoms with van der Waals surface area (Å²) in [5, 5.41) is 0. The molecule has 1 fully saturated rings. The molecule has 0 radical (unpaired) electrons. The number of para-hydroxylation sites is 1.